The molecule has 0 aromatic heterocycles. The first kappa shape index (κ1) is 18.0. The zero-order chi connectivity index (χ0) is 18.6. The van der Waals surface area contributed by atoms with E-state index in [2.05, 4.69) is 24.8 Å². The molecule has 0 aromatic carbocycles. The van der Waals surface area contributed by atoms with E-state index in [0.717, 1.165) is 25.4 Å². The monoisotopic (exact) mass is 369 g/mol. The fourth-order valence-corrected chi connectivity index (χ4v) is 7.44. The van der Waals surface area contributed by atoms with Crippen LogP contribution in [0.15, 0.2) is 22.8 Å². The number of ether oxygens (including phenoxy) is 1. The summed E-state index contributed by atoms with van der Waals surface area (Å²) < 4.78 is 5.52. The summed E-state index contributed by atoms with van der Waals surface area (Å²) in [6, 6.07) is 0. The van der Waals surface area contributed by atoms with Crippen molar-refractivity contribution in [1.82, 2.24) is 4.90 Å². The van der Waals surface area contributed by atoms with E-state index in [1.54, 1.807) is 11.1 Å². The van der Waals surface area contributed by atoms with Gasteiger partial charge in [-0.1, -0.05) is 31.9 Å². The number of fused-ring (bicyclic) bond motifs is 5. The molecule has 3 nitrogen and oxygen atoms in total. The lowest BCUT2D eigenvalue weighted by Crippen LogP contribution is -2.48. The normalized spacial score (nSPS) is 41.6. The van der Waals surface area contributed by atoms with Gasteiger partial charge in [0.2, 0.25) is 5.91 Å². The molecule has 4 aliphatic carbocycles. The highest BCUT2D eigenvalue weighted by Gasteiger charge is 2.55. The molecular weight excluding hydrogens is 334 g/mol. The van der Waals surface area contributed by atoms with E-state index in [0.29, 0.717) is 30.5 Å². The van der Waals surface area contributed by atoms with Crippen LogP contribution >= 0.6 is 0 Å². The summed E-state index contributed by atoms with van der Waals surface area (Å²) in [7, 11) is 0. The highest BCUT2D eigenvalue weighted by Crippen LogP contribution is 2.65. The van der Waals surface area contributed by atoms with Crippen molar-refractivity contribution in [2.24, 2.45) is 22.7 Å². The van der Waals surface area contributed by atoms with E-state index < -0.39 is 0 Å². The minimum Gasteiger partial charge on any atom is -0.378 e. The van der Waals surface area contributed by atoms with E-state index >= 15 is 0 Å². The van der Waals surface area contributed by atoms with Gasteiger partial charge in [0.15, 0.2) is 0 Å². The Kier molecular flexibility index (Phi) is 4.31. The summed E-state index contributed by atoms with van der Waals surface area (Å²) in [6.45, 7) is 7.88. The first-order valence-electron chi connectivity index (χ1n) is 11.3. The first-order chi connectivity index (χ1) is 13.0. The number of nitrogens with zero attached hydrogens (tertiary/aromatic N) is 1. The molecule has 5 aliphatic rings. The van der Waals surface area contributed by atoms with Crippen molar-refractivity contribution in [1.29, 1.82) is 0 Å². The van der Waals surface area contributed by atoms with Gasteiger partial charge in [0, 0.05) is 24.1 Å². The Balaban J connectivity index is 1.63. The van der Waals surface area contributed by atoms with Crippen molar-refractivity contribution >= 4 is 5.91 Å². The molecule has 3 heteroatoms. The van der Waals surface area contributed by atoms with E-state index in [1.807, 2.05) is 0 Å². The van der Waals surface area contributed by atoms with Crippen LogP contribution in [0.1, 0.15) is 71.6 Å². The lowest BCUT2D eigenvalue weighted by atomic mass is 9.50. The van der Waals surface area contributed by atoms with Gasteiger partial charge >= 0.3 is 0 Å². The molecule has 1 amide bonds. The van der Waals surface area contributed by atoms with Crippen LogP contribution in [-0.2, 0) is 9.53 Å². The average Bonchev–Trinajstić information content (AvgIpc) is 3.08. The second-order valence-corrected chi connectivity index (χ2v) is 10.2. The lowest BCUT2D eigenvalue weighted by Gasteiger charge is -2.54. The maximum atomic E-state index is 13.7. The van der Waals surface area contributed by atoms with Crippen LogP contribution < -0.4 is 0 Å². The van der Waals surface area contributed by atoms with Gasteiger partial charge in [-0.3, -0.25) is 4.79 Å². The topological polar surface area (TPSA) is 29.5 Å². The number of rotatable bonds is 1. The molecule has 0 N–H and O–H groups in total. The predicted octanol–water partition coefficient (Wildman–Crippen LogP) is 4.88. The van der Waals surface area contributed by atoms with Crippen molar-refractivity contribution in [3.8, 4) is 0 Å². The molecule has 5 rings (SSSR count). The van der Waals surface area contributed by atoms with Gasteiger partial charge < -0.3 is 9.64 Å². The fourth-order valence-electron chi connectivity index (χ4n) is 7.44. The van der Waals surface area contributed by atoms with Crippen LogP contribution in [-0.4, -0.2) is 37.1 Å². The molecule has 2 saturated carbocycles. The number of hydrogen-bond acceptors (Lipinski definition) is 2. The maximum absolute atomic E-state index is 13.7. The van der Waals surface area contributed by atoms with Gasteiger partial charge in [0.25, 0.3) is 0 Å². The van der Waals surface area contributed by atoms with Crippen LogP contribution in [0.25, 0.3) is 0 Å². The summed E-state index contributed by atoms with van der Waals surface area (Å²) in [6.07, 6.45) is 13.9. The third kappa shape index (κ3) is 2.68. The smallest absolute Gasteiger partial charge is 0.249 e. The Hall–Kier alpha value is -1.09. The predicted molar refractivity (Wildman–Crippen MR) is 107 cm³/mol. The standard InChI is InChI=1S/C24H35NO2/c1-23-10-5-7-20(23)18-9-8-17-6-3-4-11-24(17,2)21(18)19(16-23)22(26)25-12-14-27-15-13-25/h6,18,20H,3-5,7-16H2,1-2H3/t18-,20-,23-,24-/m0/s1. The van der Waals surface area contributed by atoms with Crippen molar-refractivity contribution in [2.45, 2.75) is 71.6 Å². The fraction of sp³-hybridized carbons (Fsp3) is 0.792. The Morgan fingerprint density at radius 3 is 2.78 bits per heavy atom. The van der Waals surface area contributed by atoms with E-state index in [9.17, 15) is 4.79 Å². The molecule has 1 saturated heterocycles. The van der Waals surface area contributed by atoms with Crippen LogP contribution in [0.3, 0.4) is 0 Å². The number of carbonyl (C=O) groups is 1. The zero-order valence-corrected chi connectivity index (χ0v) is 17.2. The van der Waals surface area contributed by atoms with Crippen molar-refractivity contribution in [3.05, 3.63) is 22.8 Å². The third-order valence-electron chi connectivity index (χ3n) is 8.78. The summed E-state index contributed by atoms with van der Waals surface area (Å²) >= 11 is 0. The third-order valence-corrected chi connectivity index (χ3v) is 8.78. The molecule has 0 bridgehead atoms. The summed E-state index contributed by atoms with van der Waals surface area (Å²) in [5.74, 6) is 1.79. The molecule has 0 spiro atoms. The number of allylic oxidation sites excluding steroid dienone is 3. The largest absolute Gasteiger partial charge is 0.378 e. The number of carbonyl (C=O) groups excluding carboxylic acids is 1. The SMILES string of the molecule is C[C@]12CCCC=C1CC[C@@H]1C2=C(C(=O)N2CCOCC2)C[C@]2(C)CCC[C@@H]12. The van der Waals surface area contributed by atoms with Crippen LogP contribution in [0.4, 0.5) is 0 Å². The Bertz CT molecular complexity index is 701. The van der Waals surface area contributed by atoms with E-state index in [4.69, 9.17) is 4.74 Å². The van der Waals surface area contributed by atoms with Crippen molar-refractivity contribution in [2.75, 3.05) is 26.3 Å². The minimum atomic E-state index is 0.155. The van der Waals surface area contributed by atoms with Crippen molar-refractivity contribution in [3.63, 3.8) is 0 Å². The van der Waals surface area contributed by atoms with Gasteiger partial charge in [0.05, 0.1) is 13.2 Å². The molecule has 3 fully saturated rings. The molecule has 27 heavy (non-hydrogen) atoms. The number of hydrogen-bond donors (Lipinski definition) is 0. The summed E-state index contributed by atoms with van der Waals surface area (Å²) in [5.41, 5.74) is 4.95. The highest BCUT2D eigenvalue weighted by atomic mass is 16.5. The molecule has 0 radical (unpaired) electrons. The number of amides is 1. The minimum absolute atomic E-state index is 0.155. The van der Waals surface area contributed by atoms with Gasteiger partial charge in [-0.25, -0.2) is 0 Å². The van der Waals surface area contributed by atoms with E-state index in [1.165, 1.54) is 56.9 Å². The first-order valence-corrected chi connectivity index (χ1v) is 11.3. The van der Waals surface area contributed by atoms with Gasteiger partial charge in [-0.15, -0.1) is 0 Å². The van der Waals surface area contributed by atoms with Gasteiger partial charge in [-0.05, 0) is 74.2 Å². The maximum Gasteiger partial charge on any atom is 0.249 e. The molecule has 1 heterocycles. The Morgan fingerprint density at radius 1 is 1.15 bits per heavy atom. The highest BCUT2D eigenvalue weighted by molar-refractivity contribution is 5.95. The molecule has 0 aromatic rings. The molecule has 1 aliphatic heterocycles. The van der Waals surface area contributed by atoms with E-state index in [-0.39, 0.29) is 5.41 Å². The van der Waals surface area contributed by atoms with Crippen LogP contribution in [0, 0.1) is 22.7 Å². The molecule has 148 valence electrons. The van der Waals surface area contributed by atoms with Gasteiger partial charge in [0.1, 0.15) is 0 Å². The molecule has 4 atom stereocenters. The number of morpholine rings is 1. The van der Waals surface area contributed by atoms with Crippen LogP contribution in [0.5, 0.6) is 0 Å². The summed E-state index contributed by atoms with van der Waals surface area (Å²) in [4.78, 5) is 15.8. The molecule has 0 unspecified atom stereocenters. The second kappa shape index (κ2) is 6.47. The lowest BCUT2D eigenvalue weighted by molar-refractivity contribution is -0.132. The average molecular weight is 370 g/mol. The quantitative estimate of drug-likeness (QED) is 0.617. The second-order valence-electron chi connectivity index (χ2n) is 10.2. The zero-order valence-electron chi connectivity index (χ0n) is 17.2. The Labute approximate surface area is 164 Å². The summed E-state index contributed by atoms with van der Waals surface area (Å²) in [5, 5.41) is 0. The van der Waals surface area contributed by atoms with Gasteiger partial charge in [-0.2, -0.15) is 0 Å². The van der Waals surface area contributed by atoms with Crippen molar-refractivity contribution < 1.29 is 9.53 Å². The Morgan fingerprint density at radius 2 is 1.96 bits per heavy atom. The molecular formula is C24H35NO2. The van der Waals surface area contributed by atoms with Crippen LogP contribution in [0.2, 0.25) is 0 Å².